The van der Waals surface area contributed by atoms with Crippen LogP contribution in [0.25, 0.3) is 0 Å². The number of hydrogen-bond acceptors (Lipinski definition) is 3. The van der Waals surface area contributed by atoms with Gasteiger partial charge in [-0.15, -0.1) is 5.10 Å². The maximum absolute atomic E-state index is 12.4. The molecule has 1 aromatic heterocycles. The second-order valence-corrected chi connectivity index (χ2v) is 5.88. The first-order chi connectivity index (χ1) is 10.6. The van der Waals surface area contributed by atoms with Gasteiger partial charge in [0.2, 0.25) is 0 Å². The number of benzene rings is 1. The Balaban J connectivity index is 1.68. The van der Waals surface area contributed by atoms with E-state index >= 15 is 0 Å². The van der Waals surface area contributed by atoms with Gasteiger partial charge in [0, 0.05) is 24.7 Å². The topological polar surface area (TPSA) is 58.1 Å². The third-order valence-electron chi connectivity index (χ3n) is 4.19. The fourth-order valence-electron chi connectivity index (χ4n) is 2.94. The molecule has 0 spiro atoms. The fourth-order valence-corrected chi connectivity index (χ4v) is 2.94. The number of carbonyl (C=O) groups is 1. The molecule has 1 aliphatic rings. The van der Waals surface area contributed by atoms with Gasteiger partial charge in [0.1, 0.15) is 0 Å². The summed E-state index contributed by atoms with van der Waals surface area (Å²) in [7, 11) is 0. The fraction of sp³-hybridized carbons (Fsp3) is 0.353. The molecule has 2 aromatic rings. The lowest BCUT2D eigenvalue weighted by atomic mass is 9.96. The highest BCUT2D eigenvalue weighted by Crippen LogP contribution is 2.32. The predicted molar refractivity (Wildman–Crippen MR) is 85.8 cm³/mol. The van der Waals surface area contributed by atoms with Crippen LogP contribution in [0.5, 0.6) is 0 Å². The number of nitrogens with zero attached hydrogens (tertiary/aromatic N) is 3. The number of likely N-dealkylation sites (tertiary alicyclic amines) is 1. The van der Waals surface area contributed by atoms with Crippen LogP contribution in [0.1, 0.15) is 30.4 Å². The van der Waals surface area contributed by atoms with Gasteiger partial charge >= 0.3 is 6.03 Å². The van der Waals surface area contributed by atoms with Crippen LogP contribution in [0.4, 0.5) is 10.6 Å². The van der Waals surface area contributed by atoms with E-state index in [0.29, 0.717) is 11.7 Å². The van der Waals surface area contributed by atoms with Crippen LogP contribution in [0.2, 0.25) is 0 Å². The molecule has 0 radical (unpaired) electrons. The number of anilines is 1. The number of urea groups is 1. The minimum Gasteiger partial charge on any atom is -0.321 e. The highest BCUT2D eigenvalue weighted by atomic mass is 16.2. The van der Waals surface area contributed by atoms with Crippen molar-refractivity contribution in [1.29, 1.82) is 0 Å². The average Bonchev–Trinajstić information content (AvgIpc) is 2.91. The molecular formula is C17H20N4O. The van der Waals surface area contributed by atoms with Crippen molar-refractivity contribution in [3.63, 3.8) is 0 Å². The first-order valence-corrected chi connectivity index (χ1v) is 7.55. The van der Waals surface area contributed by atoms with Crippen molar-refractivity contribution >= 4 is 11.8 Å². The van der Waals surface area contributed by atoms with Crippen LogP contribution < -0.4 is 5.32 Å². The zero-order valence-corrected chi connectivity index (χ0v) is 12.9. The monoisotopic (exact) mass is 296 g/mol. The Morgan fingerprint density at radius 3 is 2.73 bits per heavy atom. The van der Waals surface area contributed by atoms with E-state index in [9.17, 15) is 4.79 Å². The highest BCUT2D eigenvalue weighted by Gasteiger charge is 2.33. The molecule has 22 heavy (non-hydrogen) atoms. The van der Waals surface area contributed by atoms with Crippen molar-refractivity contribution in [2.45, 2.75) is 32.2 Å². The molecule has 0 unspecified atom stereocenters. The maximum Gasteiger partial charge on any atom is 0.323 e. The molecule has 1 saturated heterocycles. The van der Waals surface area contributed by atoms with Gasteiger partial charge in [0.15, 0.2) is 5.82 Å². The SMILES string of the molecule is Cc1ccc([C@@H]2C[C@@H](C)N(C(=O)Nc3cccnn3)C2)cc1. The summed E-state index contributed by atoms with van der Waals surface area (Å²) in [6.45, 7) is 4.91. The first kappa shape index (κ1) is 14.5. The Labute approximate surface area is 130 Å². The van der Waals surface area contributed by atoms with Crippen LogP contribution in [0.15, 0.2) is 42.6 Å². The molecule has 5 nitrogen and oxygen atoms in total. The predicted octanol–water partition coefficient (Wildman–Crippen LogP) is 3.19. The summed E-state index contributed by atoms with van der Waals surface area (Å²) in [4.78, 5) is 14.3. The molecule has 0 bridgehead atoms. The van der Waals surface area contributed by atoms with Crippen LogP contribution in [-0.4, -0.2) is 33.7 Å². The quantitative estimate of drug-likeness (QED) is 0.926. The number of nitrogens with one attached hydrogen (secondary N) is 1. The van der Waals surface area contributed by atoms with Gasteiger partial charge in [-0.3, -0.25) is 5.32 Å². The summed E-state index contributed by atoms with van der Waals surface area (Å²) >= 11 is 0. The average molecular weight is 296 g/mol. The van der Waals surface area contributed by atoms with Crippen molar-refractivity contribution in [2.75, 3.05) is 11.9 Å². The molecule has 114 valence electrons. The normalized spacial score (nSPS) is 20.9. The summed E-state index contributed by atoms with van der Waals surface area (Å²) in [5.74, 6) is 0.877. The molecular weight excluding hydrogens is 276 g/mol. The molecule has 3 rings (SSSR count). The van der Waals surface area contributed by atoms with Gasteiger partial charge in [-0.2, -0.15) is 5.10 Å². The molecule has 1 N–H and O–H groups in total. The van der Waals surface area contributed by atoms with E-state index in [-0.39, 0.29) is 12.1 Å². The van der Waals surface area contributed by atoms with Crippen molar-refractivity contribution in [1.82, 2.24) is 15.1 Å². The van der Waals surface area contributed by atoms with E-state index in [1.54, 1.807) is 18.3 Å². The van der Waals surface area contributed by atoms with Crippen molar-refractivity contribution in [3.8, 4) is 0 Å². The lowest BCUT2D eigenvalue weighted by Gasteiger charge is -2.21. The zero-order chi connectivity index (χ0) is 15.5. The molecule has 2 amide bonds. The largest absolute Gasteiger partial charge is 0.323 e. The summed E-state index contributed by atoms with van der Waals surface area (Å²) in [5, 5.41) is 10.5. The number of amides is 2. The van der Waals surface area contributed by atoms with Gasteiger partial charge in [-0.25, -0.2) is 4.79 Å². The van der Waals surface area contributed by atoms with Crippen LogP contribution in [-0.2, 0) is 0 Å². The van der Waals surface area contributed by atoms with E-state index in [1.807, 2.05) is 4.90 Å². The number of carbonyl (C=O) groups excluding carboxylic acids is 1. The Bertz CT molecular complexity index is 641. The maximum atomic E-state index is 12.4. The highest BCUT2D eigenvalue weighted by molar-refractivity contribution is 5.88. The molecule has 0 saturated carbocycles. The van der Waals surface area contributed by atoms with Gasteiger partial charge in [-0.05, 0) is 38.0 Å². The number of hydrogen-bond donors (Lipinski definition) is 1. The Kier molecular flexibility index (Phi) is 4.04. The summed E-state index contributed by atoms with van der Waals surface area (Å²) in [6.07, 6.45) is 2.57. The second-order valence-electron chi connectivity index (χ2n) is 5.88. The van der Waals surface area contributed by atoms with Crippen molar-refractivity contribution in [2.24, 2.45) is 0 Å². The van der Waals surface area contributed by atoms with Gasteiger partial charge in [0.25, 0.3) is 0 Å². The van der Waals surface area contributed by atoms with E-state index in [2.05, 4.69) is 53.6 Å². The number of rotatable bonds is 2. The summed E-state index contributed by atoms with van der Waals surface area (Å²) in [5.41, 5.74) is 2.55. The third kappa shape index (κ3) is 3.08. The molecule has 1 fully saturated rings. The summed E-state index contributed by atoms with van der Waals surface area (Å²) < 4.78 is 0. The molecule has 1 aliphatic heterocycles. The second kappa shape index (κ2) is 6.13. The minimum absolute atomic E-state index is 0.109. The van der Waals surface area contributed by atoms with Gasteiger partial charge < -0.3 is 4.90 Å². The van der Waals surface area contributed by atoms with Crippen molar-refractivity contribution < 1.29 is 4.79 Å². The zero-order valence-electron chi connectivity index (χ0n) is 12.9. The standard InChI is InChI=1S/C17H20N4O/c1-12-5-7-14(8-6-12)15-10-13(2)21(11-15)17(22)19-16-4-3-9-18-20-16/h3-9,13,15H,10-11H2,1-2H3,(H,19,20,22)/t13-,15-/m1/s1. The van der Waals surface area contributed by atoms with Gasteiger partial charge in [-0.1, -0.05) is 29.8 Å². The summed E-state index contributed by atoms with van der Waals surface area (Å²) in [6, 6.07) is 12.2. The molecule has 0 aliphatic carbocycles. The van der Waals surface area contributed by atoms with E-state index in [1.165, 1.54) is 11.1 Å². The van der Waals surface area contributed by atoms with E-state index in [0.717, 1.165) is 13.0 Å². The Hall–Kier alpha value is -2.43. The smallest absolute Gasteiger partial charge is 0.321 e. The number of aromatic nitrogens is 2. The van der Waals surface area contributed by atoms with Crippen LogP contribution in [0.3, 0.4) is 0 Å². The van der Waals surface area contributed by atoms with Crippen LogP contribution in [0, 0.1) is 6.92 Å². The lowest BCUT2D eigenvalue weighted by Crippen LogP contribution is -2.37. The lowest BCUT2D eigenvalue weighted by molar-refractivity contribution is 0.209. The molecule has 2 heterocycles. The molecule has 2 atom stereocenters. The van der Waals surface area contributed by atoms with Crippen LogP contribution >= 0.6 is 0 Å². The molecule has 5 heteroatoms. The minimum atomic E-state index is -0.109. The van der Waals surface area contributed by atoms with E-state index in [4.69, 9.17) is 0 Å². The number of aryl methyl sites for hydroxylation is 1. The van der Waals surface area contributed by atoms with Gasteiger partial charge in [0.05, 0.1) is 0 Å². The van der Waals surface area contributed by atoms with E-state index < -0.39 is 0 Å². The third-order valence-corrected chi connectivity index (χ3v) is 4.19. The molecule has 1 aromatic carbocycles. The first-order valence-electron chi connectivity index (χ1n) is 7.55. The van der Waals surface area contributed by atoms with Crippen molar-refractivity contribution in [3.05, 3.63) is 53.7 Å². The Morgan fingerprint density at radius 2 is 2.05 bits per heavy atom. The Morgan fingerprint density at radius 1 is 1.27 bits per heavy atom.